The van der Waals surface area contributed by atoms with E-state index in [0.717, 1.165) is 24.0 Å². The Bertz CT molecular complexity index is 647. The van der Waals surface area contributed by atoms with Gasteiger partial charge in [0, 0.05) is 6.61 Å². The third-order valence-electron chi connectivity index (χ3n) is 4.05. The molecule has 1 N–H and O–H groups in total. The number of alkyl carbamates (subject to hydrolysis) is 1. The lowest BCUT2D eigenvalue weighted by atomic mass is 10.1. The lowest BCUT2D eigenvalue weighted by molar-refractivity contribution is -0.121. The molecule has 25 heavy (non-hydrogen) atoms. The highest BCUT2D eigenvalue weighted by atomic mass is 16.6. The van der Waals surface area contributed by atoms with Crippen LogP contribution in [0, 0.1) is 0 Å². The van der Waals surface area contributed by atoms with E-state index >= 15 is 0 Å². The SMILES string of the molecule is O=C(N[C@@H]1OCCC[C@H]1OCc1ccccc1)OCc1ccccc1. The Labute approximate surface area is 147 Å². The Kier molecular flexibility index (Phi) is 6.42. The molecule has 5 heteroatoms. The molecule has 0 aromatic heterocycles. The summed E-state index contributed by atoms with van der Waals surface area (Å²) in [7, 11) is 0. The summed E-state index contributed by atoms with van der Waals surface area (Å²) in [4.78, 5) is 12.0. The summed E-state index contributed by atoms with van der Waals surface area (Å²) in [6, 6.07) is 19.5. The predicted octanol–water partition coefficient (Wildman–Crippen LogP) is 3.63. The van der Waals surface area contributed by atoms with Gasteiger partial charge in [-0.3, -0.25) is 5.32 Å². The fourth-order valence-corrected chi connectivity index (χ4v) is 2.72. The van der Waals surface area contributed by atoms with Gasteiger partial charge in [0.05, 0.1) is 6.61 Å². The highest BCUT2D eigenvalue weighted by Gasteiger charge is 2.28. The fraction of sp³-hybridized carbons (Fsp3) is 0.350. The molecule has 2 atom stereocenters. The van der Waals surface area contributed by atoms with E-state index in [1.807, 2.05) is 60.7 Å². The Balaban J connectivity index is 1.47. The molecule has 132 valence electrons. The Hall–Kier alpha value is -2.37. The average molecular weight is 341 g/mol. The summed E-state index contributed by atoms with van der Waals surface area (Å²) in [5, 5.41) is 2.77. The molecule has 1 saturated heterocycles. The zero-order valence-corrected chi connectivity index (χ0v) is 14.1. The van der Waals surface area contributed by atoms with Crippen LogP contribution in [-0.2, 0) is 27.4 Å². The van der Waals surface area contributed by atoms with Crippen molar-refractivity contribution in [3.8, 4) is 0 Å². The van der Waals surface area contributed by atoms with Gasteiger partial charge >= 0.3 is 6.09 Å². The number of carbonyl (C=O) groups is 1. The molecule has 0 radical (unpaired) electrons. The second kappa shape index (κ2) is 9.20. The van der Waals surface area contributed by atoms with Gasteiger partial charge in [0.1, 0.15) is 12.7 Å². The van der Waals surface area contributed by atoms with Crippen molar-refractivity contribution >= 4 is 6.09 Å². The Morgan fingerprint density at radius 2 is 1.64 bits per heavy atom. The molecule has 1 aliphatic heterocycles. The number of carbonyl (C=O) groups excluding carboxylic acids is 1. The van der Waals surface area contributed by atoms with Crippen molar-refractivity contribution in [3.05, 3.63) is 71.8 Å². The maximum absolute atomic E-state index is 12.0. The first kappa shape index (κ1) is 17.5. The molecule has 0 unspecified atom stereocenters. The molecule has 5 nitrogen and oxygen atoms in total. The minimum absolute atomic E-state index is 0.182. The van der Waals surface area contributed by atoms with Gasteiger partial charge in [0.2, 0.25) is 0 Å². The van der Waals surface area contributed by atoms with Crippen LogP contribution in [-0.4, -0.2) is 25.0 Å². The van der Waals surface area contributed by atoms with Crippen molar-refractivity contribution in [1.82, 2.24) is 5.32 Å². The number of benzene rings is 2. The highest BCUT2D eigenvalue weighted by Crippen LogP contribution is 2.17. The van der Waals surface area contributed by atoms with Crippen LogP contribution in [0.4, 0.5) is 4.79 Å². The summed E-state index contributed by atoms with van der Waals surface area (Å²) >= 11 is 0. The van der Waals surface area contributed by atoms with Crippen LogP contribution in [0.15, 0.2) is 60.7 Å². The van der Waals surface area contributed by atoms with Crippen LogP contribution in [0.5, 0.6) is 0 Å². The van der Waals surface area contributed by atoms with Gasteiger partial charge in [-0.15, -0.1) is 0 Å². The number of amides is 1. The molecule has 1 fully saturated rings. The first-order valence-electron chi connectivity index (χ1n) is 8.55. The van der Waals surface area contributed by atoms with E-state index in [1.165, 1.54) is 0 Å². The number of nitrogens with one attached hydrogen (secondary N) is 1. The standard InChI is InChI=1S/C20H23NO4/c22-20(25-15-17-10-5-2-6-11-17)21-19-18(12-7-13-23-19)24-14-16-8-3-1-4-9-16/h1-6,8-11,18-19H,7,12-15H2,(H,21,22)/t18-,19-/m1/s1. The molecule has 2 aromatic carbocycles. The van der Waals surface area contributed by atoms with Crippen molar-refractivity contribution in [2.45, 2.75) is 38.4 Å². The lowest BCUT2D eigenvalue weighted by Gasteiger charge is -2.31. The van der Waals surface area contributed by atoms with Crippen molar-refractivity contribution < 1.29 is 19.0 Å². The smallest absolute Gasteiger partial charge is 0.409 e. The molecule has 1 amide bonds. The van der Waals surface area contributed by atoms with E-state index < -0.39 is 12.3 Å². The third-order valence-corrected chi connectivity index (χ3v) is 4.05. The zero-order valence-electron chi connectivity index (χ0n) is 14.1. The molecular weight excluding hydrogens is 318 g/mol. The van der Waals surface area contributed by atoms with E-state index in [-0.39, 0.29) is 12.7 Å². The quantitative estimate of drug-likeness (QED) is 0.872. The second-order valence-electron chi connectivity index (χ2n) is 5.97. The van der Waals surface area contributed by atoms with E-state index in [4.69, 9.17) is 14.2 Å². The molecule has 1 heterocycles. The first-order chi connectivity index (χ1) is 12.3. The van der Waals surface area contributed by atoms with Crippen molar-refractivity contribution in [2.75, 3.05) is 6.61 Å². The number of hydrogen-bond acceptors (Lipinski definition) is 4. The van der Waals surface area contributed by atoms with Crippen molar-refractivity contribution in [3.63, 3.8) is 0 Å². The third kappa shape index (κ3) is 5.59. The maximum atomic E-state index is 12.0. The van der Waals surface area contributed by atoms with Crippen molar-refractivity contribution in [2.24, 2.45) is 0 Å². The van der Waals surface area contributed by atoms with Gasteiger partial charge in [0.25, 0.3) is 0 Å². The molecule has 0 spiro atoms. The summed E-state index contributed by atoms with van der Waals surface area (Å²) in [6.45, 7) is 1.33. The van der Waals surface area contributed by atoms with Gasteiger partial charge in [0.15, 0.2) is 6.23 Å². The van der Waals surface area contributed by atoms with Crippen LogP contribution < -0.4 is 5.32 Å². The lowest BCUT2D eigenvalue weighted by Crippen LogP contribution is -2.49. The summed E-state index contributed by atoms with van der Waals surface area (Å²) in [5.74, 6) is 0. The van der Waals surface area contributed by atoms with Crippen LogP contribution in [0.25, 0.3) is 0 Å². The average Bonchev–Trinajstić information content (AvgIpc) is 2.67. The van der Waals surface area contributed by atoms with E-state index in [0.29, 0.717) is 13.2 Å². The maximum Gasteiger partial charge on any atom is 0.409 e. The van der Waals surface area contributed by atoms with E-state index in [1.54, 1.807) is 0 Å². The Morgan fingerprint density at radius 3 is 2.32 bits per heavy atom. The van der Waals surface area contributed by atoms with Gasteiger partial charge in [-0.2, -0.15) is 0 Å². The Morgan fingerprint density at radius 1 is 1.00 bits per heavy atom. The molecular formula is C20H23NO4. The molecule has 0 bridgehead atoms. The molecule has 3 rings (SSSR count). The topological polar surface area (TPSA) is 56.8 Å². The number of rotatable bonds is 6. The summed E-state index contributed by atoms with van der Waals surface area (Å²) in [5.41, 5.74) is 2.04. The minimum Gasteiger partial charge on any atom is -0.445 e. The summed E-state index contributed by atoms with van der Waals surface area (Å²) in [6.07, 6.45) is 0.593. The van der Waals surface area contributed by atoms with Crippen LogP contribution >= 0.6 is 0 Å². The number of ether oxygens (including phenoxy) is 3. The van der Waals surface area contributed by atoms with Crippen LogP contribution in [0.2, 0.25) is 0 Å². The van der Waals surface area contributed by atoms with Gasteiger partial charge in [-0.05, 0) is 24.0 Å². The molecule has 0 aliphatic carbocycles. The minimum atomic E-state index is -0.496. The monoisotopic (exact) mass is 341 g/mol. The molecule has 1 aliphatic rings. The first-order valence-corrected chi connectivity index (χ1v) is 8.55. The van der Waals surface area contributed by atoms with Gasteiger partial charge in [-0.25, -0.2) is 4.79 Å². The van der Waals surface area contributed by atoms with E-state index in [2.05, 4.69) is 5.32 Å². The largest absolute Gasteiger partial charge is 0.445 e. The van der Waals surface area contributed by atoms with Gasteiger partial charge < -0.3 is 14.2 Å². The number of hydrogen-bond donors (Lipinski definition) is 1. The predicted molar refractivity (Wildman–Crippen MR) is 93.8 cm³/mol. The molecule has 2 aromatic rings. The van der Waals surface area contributed by atoms with Crippen molar-refractivity contribution in [1.29, 1.82) is 0 Å². The summed E-state index contributed by atoms with van der Waals surface area (Å²) < 4.78 is 16.9. The van der Waals surface area contributed by atoms with Crippen LogP contribution in [0.1, 0.15) is 24.0 Å². The van der Waals surface area contributed by atoms with E-state index in [9.17, 15) is 4.79 Å². The zero-order chi connectivity index (χ0) is 17.3. The van der Waals surface area contributed by atoms with Gasteiger partial charge in [-0.1, -0.05) is 60.7 Å². The fourth-order valence-electron chi connectivity index (χ4n) is 2.72. The van der Waals surface area contributed by atoms with Crippen LogP contribution in [0.3, 0.4) is 0 Å². The normalized spacial score (nSPS) is 20.0. The second-order valence-corrected chi connectivity index (χ2v) is 5.97. The molecule has 0 saturated carbocycles. The highest BCUT2D eigenvalue weighted by molar-refractivity contribution is 5.67.